The maximum Gasteiger partial charge on any atom is 0.131 e. The summed E-state index contributed by atoms with van der Waals surface area (Å²) in [7, 11) is 0. The summed E-state index contributed by atoms with van der Waals surface area (Å²) in [6, 6.07) is 5.85. The average molecular weight is 258 g/mol. The molecule has 0 bridgehead atoms. The van der Waals surface area contributed by atoms with E-state index >= 15 is 0 Å². The van der Waals surface area contributed by atoms with Gasteiger partial charge in [0.15, 0.2) is 0 Å². The quantitative estimate of drug-likeness (QED) is 0.918. The zero-order chi connectivity index (χ0) is 13.1. The number of nitriles is 1. The Balaban J connectivity index is 2.52. The molecule has 0 saturated carbocycles. The van der Waals surface area contributed by atoms with Gasteiger partial charge in [-0.05, 0) is 25.5 Å². The van der Waals surface area contributed by atoms with Crippen LogP contribution in [0, 0.1) is 18.3 Å². The molecule has 0 radical (unpaired) electrons. The first kappa shape index (κ1) is 12.5. The first-order valence-electron chi connectivity index (χ1n) is 5.79. The fraction of sp³-hybridized carbons (Fsp3) is 0.308. The minimum Gasteiger partial charge on any atom is -0.383 e. The number of hydrogen-bond acceptors (Lipinski definition) is 5. The largest absolute Gasteiger partial charge is 0.383 e. The van der Waals surface area contributed by atoms with Crippen LogP contribution in [0.2, 0.25) is 0 Å². The Hall–Kier alpha value is -1.93. The molecule has 0 aliphatic carbocycles. The predicted octanol–water partition coefficient (Wildman–Crippen LogP) is 2.92. The van der Waals surface area contributed by atoms with Crippen LogP contribution in [0.4, 0.5) is 5.82 Å². The van der Waals surface area contributed by atoms with Crippen molar-refractivity contribution in [3.8, 4) is 16.6 Å². The van der Waals surface area contributed by atoms with Crippen LogP contribution in [0.3, 0.4) is 0 Å². The summed E-state index contributed by atoms with van der Waals surface area (Å²) in [6.45, 7) is 3.99. The summed E-state index contributed by atoms with van der Waals surface area (Å²) in [5.74, 6) is 1.29. The summed E-state index contributed by atoms with van der Waals surface area (Å²) < 4.78 is 0. The van der Waals surface area contributed by atoms with Gasteiger partial charge >= 0.3 is 0 Å². The van der Waals surface area contributed by atoms with Gasteiger partial charge in [0.1, 0.15) is 22.6 Å². The predicted molar refractivity (Wildman–Crippen MR) is 73.2 cm³/mol. The minimum atomic E-state index is 0.523. The van der Waals surface area contributed by atoms with Gasteiger partial charge in [0, 0.05) is 12.0 Å². The van der Waals surface area contributed by atoms with E-state index in [-0.39, 0.29) is 0 Å². The molecule has 0 unspecified atom stereocenters. The molecule has 0 aliphatic heterocycles. The zero-order valence-corrected chi connectivity index (χ0v) is 11.2. The topological polar surface area (TPSA) is 75.6 Å². The van der Waals surface area contributed by atoms with E-state index in [1.165, 1.54) is 11.3 Å². The SMILES string of the molecule is CCCc1nc(N)c(C)c(-c2ccc(C#N)s2)n1. The van der Waals surface area contributed by atoms with Gasteiger partial charge in [-0.3, -0.25) is 0 Å². The van der Waals surface area contributed by atoms with Gasteiger partial charge in [0.05, 0.1) is 10.6 Å². The summed E-state index contributed by atoms with van der Waals surface area (Å²) in [5, 5.41) is 8.86. The van der Waals surface area contributed by atoms with Gasteiger partial charge < -0.3 is 5.73 Å². The molecule has 0 amide bonds. The van der Waals surface area contributed by atoms with Crippen LogP contribution in [-0.4, -0.2) is 9.97 Å². The molecule has 2 aromatic heterocycles. The van der Waals surface area contributed by atoms with Crippen LogP contribution in [0.15, 0.2) is 12.1 Å². The molecule has 0 atom stereocenters. The fourth-order valence-corrected chi connectivity index (χ4v) is 2.53. The lowest BCUT2D eigenvalue weighted by Crippen LogP contribution is -2.04. The Morgan fingerprint density at radius 1 is 1.39 bits per heavy atom. The van der Waals surface area contributed by atoms with E-state index in [2.05, 4.69) is 23.0 Å². The summed E-state index contributed by atoms with van der Waals surface area (Å²) in [5.41, 5.74) is 7.64. The molecule has 2 N–H and O–H groups in total. The number of aryl methyl sites for hydroxylation is 1. The van der Waals surface area contributed by atoms with Crippen LogP contribution >= 0.6 is 11.3 Å². The number of hydrogen-bond donors (Lipinski definition) is 1. The summed E-state index contributed by atoms with van der Waals surface area (Å²) >= 11 is 1.43. The van der Waals surface area contributed by atoms with Crippen molar-refractivity contribution in [2.75, 3.05) is 5.73 Å². The molecular formula is C13H14N4S. The average Bonchev–Trinajstić information content (AvgIpc) is 2.82. The first-order chi connectivity index (χ1) is 8.65. The third-order valence-electron chi connectivity index (χ3n) is 2.65. The highest BCUT2D eigenvalue weighted by molar-refractivity contribution is 7.16. The lowest BCUT2D eigenvalue weighted by Gasteiger charge is -2.08. The lowest BCUT2D eigenvalue weighted by molar-refractivity contribution is 0.836. The lowest BCUT2D eigenvalue weighted by atomic mass is 10.2. The molecule has 92 valence electrons. The van der Waals surface area contributed by atoms with Crippen LogP contribution in [0.1, 0.15) is 29.6 Å². The Morgan fingerprint density at radius 2 is 2.17 bits per heavy atom. The third-order valence-corrected chi connectivity index (χ3v) is 3.65. The van der Waals surface area contributed by atoms with Crippen molar-refractivity contribution in [2.45, 2.75) is 26.7 Å². The molecule has 4 nitrogen and oxygen atoms in total. The Bertz CT molecular complexity index is 610. The second-order valence-corrected chi connectivity index (χ2v) is 5.11. The van der Waals surface area contributed by atoms with Gasteiger partial charge in [-0.1, -0.05) is 6.92 Å². The number of nitrogen functional groups attached to an aromatic ring is 1. The van der Waals surface area contributed by atoms with Crippen molar-refractivity contribution in [1.82, 2.24) is 9.97 Å². The molecule has 0 spiro atoms. The molecule has 2 heterocycles. The van der Waals surface area contributed by atoms with E-state index in [0.717, 1.165) is 34.8 Å². The number of anilines is 1. The van der Waals surface area contributed by atoms with Crippen LogP contribution < -0.4 is 5.73 Å². The molecule has 2 rings (SSSR count). The fourth-order valence-electron chi connectivity index (χ4n) is 1.68. The van der Waals surface area contributed by atoms with Crippen molar-refractivity contribution in [3.63, 3.8) is 0 Å². The number of nitrogens with two attached hydrogens (primary N) is 1. The van der Waals surface area contributed by atoms with Crippen LogP contribution in [-0.2, 0) is 6.42 Å². The van der Waals surface area contributed by atoms with E-state index in [1.54, 1.807) is 6.07 Å². The minimum absolute atomic E-state index is 0.523. The molecule has 0 aromatic carbocycles. The monoisotopic (exact) mass is 258 g/mol. The number of rotatable bonds is 3. The number of aromatic nitrogens is 2. The van der Waals surface area contributed by atoms with Crippen molar-refractivity contribution < 1.29 is 0 Å². The maximum absolute atomic E-state index is 8.86. The smallest absolute Gasteiger partial charge is 0.131 e. The highest BCUT2D eigenvalue weighted by Gasteiger charge is 2.12. The molecule has 0 aliphatic rings. The molecule has 2 aromatic rings. The van der Waals surface area contributed by atoms with Gasteiger partial charge in [-0.2, -0.15) is 5.26 Å². The molecule has 0 saturated heterocycles. The Labute approximate surface area is 110 Å². The van der Waals surface area contributed by atoms with Gasteiger partial charge in [0.2, 0.25) is 0 Å². The maximum atomic E-state index is 8.86. The second-order valence-electron chi connectivity index (χ2n) is 4.02. The number of nitrogens with zero attached hydrogens (tertiary/aromatic N) is 3. The number of thiophene rings is 1. The standard InChI is InChI=1S/C13H14N4S/c1-3-4-11-16-12(8(2)13(15)17-11)10-6-5-9(7-14)18-10/h5-6H,3-4H2,1-2H3,(H2,15,16,17). The van der Waals surface area contributed by atoms with E-state index in [4.69, 9.17) is 11.0 Å². The van der Waals surface area contributed by atoms with Crippen LogP contribution in [0.25, 0.3) is 10.6 Å². The summed E-state index contributed by atoms with van der Waals surface area (Å²) in [6.07, 6.45) is 1.80. The normalized spacial score (nSPS) is 10.3. The van der Waals surface area contributed by atoms with Crippen molar-refractivity contribution in [1.29, 1.82) is 5.26 Å². The molecule has 0 fully saturated rings. The first-order valence-corrected chi connectivity index (χ1v) is 6.60. The second kappa shape index (κ2) is 5.15. The van der Waals surface area contributed by atoms with Crippen molar-refractivity contribution in [2.24, 2.45) is 0 Å². The van der Waals surface area contributed by atoms with Crippen molar-refractivity contribution >= 4 is 17.2 Å². The zero-order valence-electron chi connectivity index (χ0n) is 10.4. The van der Waals surface area contributed by atoms with E-state index in [9.17, 15) is 0 Å². The van der Waals surface area contributed by atoms with E-state index in [0.29, 0.717) is 10.7 Å². The molecule has 5 heteroatoms. The highest BCUT2D eigenvalue weighted by Crippen LogP contribution is 2.30. The Morgan fingerprint density at radius 3 is 2.78 bits per heavy atom. The summed E-state index contributed by atoms with van der Waals surface area (Å²) in [4.78, 5) is 10.5. The van der Waals surface area contributed by atoms with E-state index < -0.39 is 0 Å². The molecular weight excluding hydrogens is 244 g/mol. The third kappa shape index (κ3) is 2.34. The van der Waals surface area contributed by atoms with Crippen LogP contribution in [0.5, 0.6) is 0 Å². The van der Waals surface area contributed by atoms with Gasteiger partial charge in [0.25, 0.3) is 0 Å². The van der Waals surface area contributed by atoms with E-state index in [1.807, 2.05) is 13.0 Å². The molecule has 18 heavy (non-hydrogen) atoms. The van der Waals surface area contributed by atoms with Gasteiger partial charge in [-0.15, -0.1) is 11.3 Å². The Kier molecular flexibility index (Phi) is 3.58. The van der Waals surface area contributed by atoms with Crippen molar-refractivity contribution in [3.05, 3.63) is 28.4 Å². The van der Waals surface area contributed by atoms with Gasteiger partial charge in [-0.25, -0.2) is 9.97 Å². The highest BCUT2D eigenvalue weighted by atomic mass is 32.1.